The summed E-state index contributed by atoms with van der Waals surface area (Å²) in [5.74, 6) is 0.121. The third-order valence-electron chi connectivity index (χ3n) is 3.99. The van der Waals surface area contributed by atoms with Crippen LogP contribution in [0.1, 0.15) is 6.42 Å². The first-order valence-corrected chi connectivity index (χ1v) is 7.95. The molecule has 0 bridgehead atoms. The molecule has 24 heavy (non-hydrogen) atoms. The van der Waals surface area contributed by atoms with Crippen molar-refractivity contribution in [2.45, 2.75) is 6.42 Å². The molecule has 0 spiro atoms. The Kier molecular flexibility index (Phi) is 4.71. The predicted molar refractivity (Wildman–Crippen MR) is 93.5 cm³/mol. The van der Waals surface area contributed by atoms with E-state index in [1.165, 1.54) is 0 Å². The molecule has 1 saturated heterocycles. The molecule has 0 radical (unpaired) electrons. The largest absolute Gasteiger partial charge is 0.497 e. The van der Waals surface area contributed by atoms with E-state index < -0.39 is 0 Å². The van der Waals surface area contributed by atoms with Crippen LogP contribution in [0.2, 0.25) is 5.02 Å². The number of rotatable bonds is 4. The molecule has 5 nitrogen and oxygen atoms in total. The molecule has 0 aliphatic carbocycles. The fourth-order valence-electron chi connectivity index (χ4n) is 2.67. The number of nitrogens with zero attached hydrogens (tertiary/aromatic N) is 1. The van der Waals surface area contributed by atoms with Gasteiger partial charge in [0.2, 0.25) is 11.8 Å². The van der Waals surface area contributed by atoms with E-state index in [1.807, 2.05) is 12.1 Å². The summed E-state index contributed by atoms with van der Waals surface area (Å²) >= 11 is 5.83. The van der Waals surface area contributed by atoms with Gasteiger partial charge in [-0.25, -0.2) is 0 Å². The van der Waals surface area contributed by atoms with Gasteiger partial charge in [-0.05, 0) is 48.5 Å². The summed E-state index contributed by atoms with van der Waals surface area (Å²) in [6.07, 6.45) is 0.200. The maximum atomic E-state index is 12.4. The summed E-state index contributed by atoms with van der Waals surface area (Å²) in [4.78, 5) is 26.2. The van der Waals surface area contributed by atoms with Crippen molar-refractivity contribution in [3.05, 3.63) is 53.6 Å². The van der Waals surface area contributed by atoms with Crippen molar-refractivity contribution >= 4 is 34.8 Å². The monoisotopic (exact) mass is 344 g/mol. The topological polar surface area (TPSA) is 58.6 Å². The van der Waals surface area contributed by atoms with Gasteiger partial charge >= 0.3 is 0 Å². The summed E-state index contributed by atoms with van der Waals surface area (Å²) < 4.78 is 5.12. The van der Waals surface area contributed by atoms with Crippen LogP contribution in [0.4, 0.5) is 11.4 Å². The minimum atomic E-state index is -0.379. The van der Waals surface area contributed by atoms with Crippen molar-refractivity contribution < 1.29 is 14.3 Å². The predicted octanol–water partition coefficient (Wildman–Crippen LogP) is 3.34. The van der Waals surface area contributed by atoms with E-state index in [1.54, 1.807) is 48.4 Å². The summed E-state index contributed by atoms with van der Waals surface area (Å²) in [6.45, 7) is 0.366. The summed E-state index contributed by atoms with van der Waals surface area (Å²) in [5.41, 5.74) is 1.43. The lowest BCUT2D eigenvalue weighted by Gasteiger charge is -2.17. The zero-order chi connectivity index (χ0) is 17.1. The second-order valence-corrected chi connectivity index (χ2v) is 6.04. The van der Waals surface area contributed by atoms with Crippen LogP contribution >= 0.6 is 11.6 Å². The molecule has 2 amide bonds. The normalized spacial score (nSPS) is 17.0. The van der Waals surface area contributed by atoms with Gasteiger partial charge in [-0.15, -0.1) is 0 Å². The number of halogens is 1. The van der Waals surface area contributed by atoms with E-state index in [4.69, 9.17) is 16.3 Å². The van der Waals surface area contributed by atoms with Gasteiger partial charge in [0.1, 0.15) is 5.75 Å². The smallest absolute Gasteiger partial charge is 0.229 e. The van der Waals surface area contributed by atoms with Crippen molar-refractivity contribution in [2.75, 3.05) is 23.9 Å². The minimum absolute atomic E-state index is 0.0589. The van der Waals surface area contributed by atoms with Gasteiger partial charge in [0.25, 0.3) is 0 Å². The fraction of sp³-hybridized carbons (Fsp3) is 0.222. The number of carbonyl (C=O) groups excluding carboxylic acids is 2. The average Bonchev–Trinajstić information content (AvgIpc) is 2.99. The fourth-order valence-corrected chi connectivity index (χ4v) is 2.80. The van der Waals surface area contributed by atoms with Crippen LogP contribution < -0.4 is 15.0 Å². The van der Waals surface area contributed by atoms with Crippen LogP contribution in [0, 0.1) is 5.92 Å². The number of benzene rings is 2. The van der Waals surface area contributed by atoms with E-state index in [9.17, 15) is 9.59 Å². The van der Waals surface area contributed by atoms with Gasteiger partial charge in [-0.1, -0.05) is 11.6 Å². The Labute approximate surface area is 145 Å². The number of amides is 2. The second kappa shape index (κ2) is 6.93. The number of methoxy groups -OCH3 is 1. The number of ether oxygens (including phenoxy) is 1. The van der Waals surface area contributed by atoms with Gasteiger partial charge in [-0.2, -0.15) is 0 Å². The third kappa shape index (κ3) is 3.51. The van der Waals surface area contributed by atoms with Crippen LogP contribution in [0.15, 0.2) is 48.5 Å². The van der Waals surface area contributed by atoms with E-state index in [0.717, 1.165) is 11.4 Å². The highest BCUT2D eigenvalue weighted by Gasteiger charge is 2.35. The van der Waals surface area contributed by atoms with Crippen LogP contribution in [0.25, 0.3) is 0 Å². The van der Waals surface area contributed by atoms with E-state index >= 15 is 0 Å². The molecule has 1 N–H and O–H groups in total. The van der Waals surface area contributed by atoms with Gasteiger partial charge < -0.3 is 15.0 Å². The molecular formula is C18H17ClN2O3. The number of anilines is 2. The first-order valence-electron chi connectivity index (χ1n) is 7.57. The maximum absolute atomic E-state index is 12.4. The van der Waals surface area contributed by atoms with Crippen molar-refractivity contribution in [1.82, 2.24) is 0 Å². The van der Waals surface area contributed by atoms with Gasteiger partial charge in [0.05, 0.1) is 13.0 Å². The highest BCUT2D eigenvalue weighted by Crippen LogP contribution is 2.27. The Hall–Kier alpha value is -2.53. The molecule has 6 heteroatoms. The van der Waals surface area contributed by atoms with Gasteiger partial charge in [0, 0.05) is 29.4 Å². The number of hydrogen-bond acceptors (Lipinski definition) is 3. The van der Waals surface area contributed by atoms with Crippen LogP contribution in [-0.2, 0) is 9.59 Å². The average molecular weight is 345 g/mol. The third-order valence-corrected chi connectivity index (χ3v) is 4.24. The quantitative estimate of drug-likeness (QED) is 0.925. The Morgan fingerprint density at radius 3 is 2.46 bits per heavy atom. The molecule has 1 fully saturated rings. The van der Waals surface area contributed by atoms with Crippen LogP contribution in [0.3, 0.4) is 0 Å². The zero-order valence-electron chi connectivity index (χ0n) is 13.2. The summed E-state index contributed by atoms with van der Waals surface area (Å²) in [5, 5.41) is 3.43. The first kappa shape index (κ1) is 16.3. The lowest BCUT2D eigenvalue weighted by atomic mass is 10.1. The molecule has 2 aromatic rings. The Balaban J connectivity index is 1.67. The molecule has 1 atom stereocenters. The SMILES string of the molecule is COc1ccc(N2CC(C(=O)Nc3ccc(Cl)cc3)CC2=O)cc1. The Bertz CT molecular complexity index is 744. The lowest BCUT2D eigenvalue weighted by Crippen LogP contribution is -2.28. The van der Waals surface area contributed by atoms with Crippen molar-refractivity contribution in [3.8, 4) is 5.75 Å². The van der Waals surface area contributed by atoms with Crippen LogP contribution in [0.5, 0.6) is 5.75 Å². The standard InChI is InChI=1S/C18H17ClN2O3/c1-24-16-8-6-15(7-9-16)21-11-12(10-17(21)22)18(23)20-14-4-2-13(19)3-5-14/h2-9,12H,10-11H2,1H3,(H,20,23). The minimum Gasteiger partial charge on any atom is -0.497 e. The van der Waals surface area contributed by atoms with Crippen molar-refractivity contribution in [3.63, 3.8) is 0 Å². The lowest BCUT2D eigenvalue weighted by molar-refractivity contribution is -0.122. The highest BCUT2D eigenvalue weighted by atomic mass is 35.5. The molecule has 1 aliphatic heterocycles. The van der Waals surface area contributed by atoms with E-state index in [-0.39, 0.29) is 24.2 Å². The molecule has 1 aliphatic rings. The first-order chi connectivity index (χ1) is 11.6. The molecule has 3 rings (SSSR count). The molecule has 1 heterocycles. The molecule has 2 aromatic carbocycles. The number of hydrogen-bond donors (Lipinski definition) is 1. The van der Waals surface area contributed by atoms with E-state index in [0.29, 0.717) is 17.3 Å². The molecule has 124 valence electrons. The Morgan fingerprint density at radius 2 is 1.83 bits per heavy atom. The zero-order valence-corrected chi connectivity index (χ0v) is 13.9. The number of carbonyl (C=O) groups is 2. The molecular weight excluding hydrogens is 328 g/mol. The van der Waals surface area contributed by atoms with Gasteiger partial charge in [-0.3, -0.25) is 9.59 Å². The summed E-state index contributed by atoms with van der Waals surface area (Å²) in [7, 11) is 1.59. The molecule has 1 unspecified atom stereocenters. The summed E-state index contributed by atoms with van der Waals surface area (Å²) in [6, 6.07) is 14.1. The van der Waals surface area contributed by atoms with Crippen LogP contribution in [-0.4, -0.2) is 25.5 Å². The second-order valence-electron chi connectivity index (χ2n) is 5.60. The van der Waals surface area contributed by atoms with Gasteiger partial charge in [0.15, 0.2) is 0 Å². The van der Waals surface area contributed by atoms with Crippen molar-refractivity contribution in [1.29, 1.82) is 0 Å². The van der Waals surface area contributed by atoms with E-state index in [2.05, 4.69) is 5.32 Å². The highest BCUT2D eigenvalue weighted by molar-refractivity contribution is 6.30. The van der Waals surface area contributed by atoms with Crippen molar-refractivity contribution in [2.24, 2.45) is 5.92 Å². The number of nitrogens with one attached hydrogen (secondary N) is 1. The molecule has 0 saturated carbocycles. The maximum Gasteiger partial charge on any atom is 0.229 e. The molecule has 0 aromatic heterocycles. The Morgan fingerprint density at radius 1 is 1.17 bits per heavy atom.